The van der Waals surface area contributed by atoms with Crippen molar-refractivity contribution < 1.29 is 46.1 Å². The molecule has 0 aliphatic carbocycles. The third kappa shape index (κ3) is 13.1. The Morgan fingerprint density at radius 2 is 1.14 bits per heavy atom. The molecular weight excluding hydrogens is 488 g/mol. The molecule has 35 heavy (non-hydrogen) atoms. The number of aromatic nitrogens is 2. The van der Waals surface area contributed by atoms with Crippen molar-refractivity contribution in [1.29, 1.82) is 0 Å². The second-order valence-electron chi connectivity index (χ2n) is 7.74. The lowest BCUT2D eigenvalue weighted by atomic mass is 10.1. The molecule has 200 valence electrons. The van der Waals surface area contributed by atoms with Crippen molar-refractivity contribution in [3.8, 4) is 0 Å². The zero-order valence-corrected chi connectivity index (χ0v) is 18.9. The number of carbonyl (C=O) groups is 2. The number of nitrogens with zero attached hydrogens (tertiary/aromatic N) is 5. The average Bonchev–Trinajstić information content (AvgIpc) is 2.80. The van der Waals surface area contributed by atoms with Crippen LogP contribution in [0.3, 0.4) is 0 Å². The summed E-state index contributed by atoms with van der Waals surface area (Å²) >= 11 is 0. The Kier molecular flexibility index (Phi) is 12.7. The summed E-state index contributed by atoms with van der Waals surface area (Å²) in [5.74, 6) is -4.63. The zero-order valence-electron chi connectivity index (χ0n) is 18.9. The molecule has 2 aliphatic heterocycles. The van der Waals surface area contributed by atoms with E-state index in [0.29, 0.717) is 0 Å². The maximum Gasteiger partial charge on any atom is 0.490 e. The van der Waals surface area contributed by atoms with Crippen molar-refractivity contribution in [2.75, 3.05) is 57.3 Å². The minimum absolute atomic E-state index is 0.880. The molecule has 0 amide bonds. The number of hydrogen-bond donors (Lipinski definition) is 2. The molecule has 1 aromatic rings. The van der Waals surface area contributed by atoms with Gasteiger partial charge in [-0.1, -0.05) is 6.42 Å². The quantitative estimate of drug-likeness (QED) is 0.570. The monoisotopic (exact) mass is 517 g/mol. The zero-order chi connectivity index (χ0) is 26.5. The van der Waals surface area contributed by atoms with Gasteiger partial charge in [0, 0.05) is 38.6 Å². The van der Waals surface area contributed by atoms with Crippen LogP contribution in [-0.2, 0) is 9.59 Å². The first-order chi connectivity index (χ1) is 16.3. The topological polar surface area (TPSA) is 110 Å². The third-order valence-corrected chi connectivity index (χ3v) is 5.09. The van der Waals surface area contributed by atoms with Crippen LogP contribution in [0.4, 0.5) is 32.3 Å². The molecular formula is C20H29F6N5O4. The normalized spacial score (nSPS) is 17.5. The maximum atomic E-state index is 10.6. The van der Waals surface area contributed by atoms with E-state index >= 15 is 0 Å². The van der Waals surface area contributed by atoms with Crippen LogP contribution in [0.1, 0.15) is 25.7 Å². The number of carboxylic acids is 2. The van der Waals surface area contributed by atoms with Crippen LogP contribution in [-0.4, -0.2) is 107 Å². The SMILES string of the molecule is O=C(O)C(F)(F)F.O=C(O)C(F)(F)F.c1cnc(N2CCN(CCCN3CCCCC3)CC2)nc1. The molecule has 3 rings (SSSR count). The van der Waals surface area contributed by atoms with Crippen molar-refractivity contribution in [2.45, 2.75) is 38.0 Å². The summed E-state index contributed by atoms with van der Waals surface area (Å²) in [5.41, 5.74) is 0. The fraction of sp³-hybridized carbons (Fsp3) is 0.700. The van der Waals surface area contributed by atoms with Crippen LogP contribution >= 0.6 is 0 Å². The Morgan fingerprint density at radius 1 is 0.743 bits per heavy atom. The van der Waals surface area contributed by atoms with E-state index < -0.39 is 24.3 Å². The van der Waals surface area contributed by atoms with Gasteiger partial charge in [-0.05, 0) is 51.5 Å². The van der Waals surface area contributed by atoms with E-state index in [-0.39, 0.29) is 0 Å². The van der Waals surface area contributed by atoms with E-state index in [1.807, 2.05) is 18.5 Å². The van der Waals surface area contributed by atoms with Gasteiger partial charge in [0.2, 0.25) is 5.95 Å². The van der Waals surface area contributed by atoms with Gasteiger partial charge in [0.15, 0.2) is 0 Å². The summed E-state index contributed by atoms with van der Waals surface area (Å²) in [6, 6.07) is 1.88. The Bertz CT molecular complexity index is 729. The highest BCUT2D eigenvalue weighted by atomic mass is 19.4. The van der Waals surface area contributed by atoms with E-state index in [0.717, 1.165) is 32.1 Å². The number of halogens is 6. The summed E-state index contributed by atoms with van der Waals surface area (Å²) in [6.07, 6.45) is -0.978. The molecule has 0 unspecified atom stereocenters. The highest BCUT2D eigenvalue weighted by Crippen LogP contribution is 2.14. The van der Waals surface area contributed by atoms with Gasteiger partial charge in [-0.15, -0.1) is 0 Å². The second kappa shape index (κ2) is 14.7. The summed E-state index contributed by atoms with van der Waals surface area (Å²) in [4.78, 5) is 34.0. The van der Waals surface area contributed by atoms with Crippen LogP contribution in [0.25, 0.3) is 0 Å². The second-order valence-corrected chi connectivity index (χ2v) is 7.74. The van der Waals surface area contributed by atoms with Crippen molar-refractivity contribution in [3.63, 3.8) is 0 Å². The molecule has 0 spiro atoms. The van der Waals surface area contributed by atoms with E-state index in [9.17, 15) is 26.3 Å². The van der Waals surface area contributed by atoms with Gasteiger partial charge in [0.1, 0.15) is 0 Å². The third-order valence-electron chi connectivity index (χ3n) is 5.09. The molecule has 0 bridgehead atoms. The molecule has 2 saturated heterocycles. The fourth-order valence-corrected chi connectivity index (χ4v) is 3.33. The molecule has 15 heteroatoms. The number of carboxylic acid groups (broad SMARTS) is 2. The largest absolute Gasteiger partial charge is 0.490 e. The van der Waals surface area contributed by atoms with Gasteiger partial charge >= 0.3 is 24.3 Å². The molecule has 0 atom stereocenters. The van der Waals surface area contributed by atoms with Gasteiger partial charge in [-0.25, -0.2) is 19.6 Å². The lowest BCUT2D eigenvalue weighted by Crippen LogP contribution is -2.47. The number of piperidine rings is 1. The molecule has 9 nitrogen and oxygen atoms in total. The number of aliphatic carboxylic acids is 2. The first-order valence-electron chi connectivity index (χ1n) is 10.9. The predicted octanol–water partition coefficient (Wildman–Crippen LogP) is 2.74. The van der Waals surface area contributed by atoms with Crippen LogP contribution in [0, 0.1) is 0 Å². The Labute approximate surface area is 198 Å². The maximum absolute atomic E-state index is 10.6. The molecule has 0 saturated carbocycles. The number of alkyl halides is 6. The first kappa shape index (κ1) is 30.4. The van der Waals surface area contributed by atoms with Crippen molar-refractivity contribution in [2.24, 2.45) is 0 Å². The van der Waals surface area contributed by atoms with Crippen LogP contribution in [0.5, 0.6) is 0 Å². The highest BCUT2D eigenvalue weighted by molar-refractivity contribution is 5.73. The molecule has 3 heterocycles. The number of anilines is 1. The summed E-state index contributed by atoms with van der Waals surface area (Å²) in [5, 5.41) is 14.2. The van der Waals surface area contributed by atoms with Crippen molar-refractivity contribution in [1.82, 2.24) is 19.8 Å². The number of likely N-dealkylation sites (tertiary alicyclic amines) is 1. The molecule has 2 fully saturated rings. The first-order valence-corrected chi connectivity index (χ1v) is 10.9. The summed E-state index contributed by atoms with van der Waals surface area (Å²) in [6.45, 7) is 9.53. The fourth-order valence-electron chi connectivity index (χ4n) is 3.33. The highest BCUT2D eigenvalue weighted by Gasteiger charge is 2.38. The number of rotatable bonds is 5. The van der Waals surface area contributed by atoms with Gasteiger partial charge in [0.25, 0.3) is 0 Å². The molecule has 2 N–H and O–H groups in total. The minimum atomic E-state index is -5.08. The van der Waals surface area contributed by atoms with E-state index in [1.165, 1.54) is 51.9 Å². The summed E-state index contributed by atoms with van der Waals surface area (Å²) in [7, 11) is 0. The Hall–Kier alpha value is -2.68. The van der Waals surface area contributed by atoms with Gasteiger partial charge < -0.3 is 20.0 Å². The molecule has 0 radical (unpaired) electrons. The van der Waals surface area contributed by atoms with E-state index in [1.54, 1.807) is 0 Å². The minimum Gasteiger partial charge on any atom is -0.475 e. The standard InChI is InChI=1S/C16H27N5.2C2HF3O2/c1-2-8-19(9-3-1)10-5-11-20-12-14-21(15-13-20)16-17-6-4-7-18-16;2*3-2(4,5)1(6)7/h4,6-7H,1-3,5,8-15H2;2*(H,6,7). The molecule has 1 aromatic heterocycles. The molecule has 0 aromatic carbocycles. The Balaban J connectivity index is 0.000000362. The van der Waals surface area contributed by atoms with E-state index in [2.05, 4.69) is 24.7 Å². The lowest BCUT2D eigenvalue weighted by molar-refractivity contribution is -0.193. The van der Waals surface area contributed by atoms with Crippen molar-refractivity contribution in [3.05, 3.63) is 18.5 Å². The van der Waals surface area contributed by atoms with Crippen molar-refractivity contribution >= 4 is 17.9 Å². The lowest BCUT2D eigenvalue weighted by Gasteiger charge is -2.35. The predicted molar refractivity (Wildman–Crippen MR) is 113 cm³/mol. The van der Waals surface area contributed by atoms with Gasteiger partial charge in [-0.2, -0.15) is 26.3 Å². The number of piperazine rings is 1. The average molecular weight is 517 g/mol. The molecule has 2 aliphatic rings. The van der Waals surface area contributed by atoms with E-state index in [4.69, 9.17) is 19.8 Å². The summed E-state index contributed by atoms with van der Waals surface area (Å²) < 4.78 is 63.5. The van der Waals surface area contributed by atoms with Crippen LogP contribution in [0.2, 0.25) is 0 Å². The van der Waals surface area contributed by atoms with Crippen LogP contribution in [0.15, 0.2) is 18.5 Å². The van der Waals surface area contributed by atoms with Gasteiger partial charge in [0.05, 0.1) is 0 Å². The smallest absolute Gasteiger partial charge is 0.475 e. The Morgan fingerprint density at radius 3 is 1.54 bits per heavy atom. The number of hydrogen-bond acceptors (Lipinski definition) is 7. The van der Waals surface area contributed by atoms with Gasteiger partial charge in [-0.3, -0.25) is 4.90 Å². The van der Waals surface area contributed by atoms with Crippen LogP contribution < -0.4 is 4.90 Å².